The van der Waals surface area contributed by atoms with Gasteiger partial charge in [-0.15, -0.1) is 0 Å². The number of amides is 2. The molecule has 0 atom stereocenters. The Bertz CT molecular complexity index is 708. The summed E-state index contributed by atoms with van der Waals surface area (Å²) in [4.78, 5) is 27.6. The van der Waals surface area contributed by atoms with Gasteiger partial charge in [0.05, 0.1) is 6.42 Å². The van der Waals surface area contributed by atoms with E-state index in [9.17, 15) is 9.59 Å². The molecule has 132 valence electrons. The van der Waals surface area contributed by atoms with Crippen molar-refractivity contribution >= 4 is 17.5 Å². The molecule has 0 heterocycles. The van der Waals surface area contributed by atoms with Gasteiger partial charge in [0.15, 0.2) is 0 Å². The first-order valence-electron chi connectivity index (χ1n) is 8.55. The standard InChI is InChI=1S/C21H26N2O2/c1-16(2)23(15-19-8-6-5-7-9-19)21(25)14-18-10-12-20(13-11-18)22(4)17(3)24/h5-13,16H,14-15H2,1-4H3. The molecule has 2 aromatic rings. The highest BCUT2D eigenvalue weighted by Crippen LogP contribution is 2.16. The van der Waals surface area contributed by atoms with E-state index in [1.807, 2.05) is 73.3 Å². The molecule has 2 amide bonds. The fourth-order valence-electron chi connectivity index (χ4n) is 2.63. The summed E-state index contributed by atoms with van der Waals surface area (Å²) in [6, 6.07) is 17.7. The van der Waals surface area contributed by atoms with E-state index in [0.29, 0.717) is 13.0 Å². The van der Waals surface area contributed by atoms with E-state index in [0.717, 1.165) is 16.8 Å². The smallest absolute Gasteiger partial charge is 0.227 e. The van der Waals surface area contributed by atoms with Gasteiger partial charge in [0.25, 0.3) is 0 Å². The van der Waals surface area contributed by atoms with Gasteiger partial charge in [-0.1, -0.05) is 42.5 Å². The van der Waals surface area contributed by atoms with Gasteiger partial charge in [0.2, 0.25) is 11.8 Å². The van der Waals surface area contributed by atoms with Gasteiger partial charge in [-0.3, -0.25) is 9.59 Å². The molecule has 0 N–H and O–H groups in total. The van der Waals surface area contributed by atoms with Crippen molar-refractivity contribution in [3.05, 3.63) is 65.7 Å². The molecule has 0 radical (unpaired) electrons. The quantitative estimate of drug-likeness (QED) is 0.807. The molecule has 0 aliphatic carbocycles. The molecule has 0 saturated carbocycles. The van der Waals surface area contributed by atoms with Crippen LogP contribution < -0.4 is 4.90 Å². The van der Waals surface area contributed by atoms with Crippen LogP contribution in [0.4, 0.5) is 5.69 Å². The molecule has 2 rings (SSSR count). The zero-order chi connectivity index (χ0) is 18.4. The summed E-state index contributed by atoms with van der Waals surface area (Å²) in [5, 5.41) is 0. The van der Waals surface area contributed by atoms with Crippen LogP contribution in [-0.4, -0.2) is 29.8 Å². The van der Waals surface area contributed by atoms with Crippen LogP contribution in [0.1, 0.15) is 31.9 Å². The number of rotatable bonds is 6. The average Bonchev–Trinajstić information content (AvgIpc) is 2.60. The van der Waals surface area contributed by atoms with Crippen molar-refractivity contribution in [2.24, 2.45) is 0 Å². The van der Waals surface area contributed by atoms with E-state index in [2.05, 4.69) is 0 Å². The molecule has 0 spiro atoms. The van der Waals surface area contributed by atoms with Crippen molar-refractivity contribution in [3.63, 3.8) is 0 Å². The second-order valence-electron chi connectivity index (χ2n) is 6.52. The Morgan fingerprint density at radius 3 is 2.04 bits per heavy atom. The number of hydrogen-bond donors (Lipinski definition) is 0. The van der Waals surface area contributed by atoms with E-state index >= 15 is 0 Å². The molecule has 0 unspecified atom stereocenters. The number of anilines is 1. The summed E-state index contributed by atoms with van der Waals surface area (Å²) in [7, 11) is 1.74. The zero-order valence-electron chi connectivity index (χ0n) is 15.4. The molecule has 0 bridgehead atoms. The highest BCUT2D eigenvalue weighted by Gasteiger charge is 2.18. The van der Waals surface area contributed by atoms with E-state index in [1.54, 1.807) is 11.9 Å². The molecule has 25 heavy (non-hydrogen) atoms. The maximum Gasteiger partial charge on any atom is 0.227 e. The number of carbonyl (C=O) groups is 2. The summed E-state index contributed by atoms with van der Waals surface area (Å²) >= 11 is 0. The van der Waals surface area contributed by atoms with Gasteiger partial charge >= 0.3 is 0 Å². The first kappa shape index (κ1) is 18.7. The minimum atomic E-state index is -0.0160. The minimum Gasteiger partial charge on any atom is -0.336 e. The average molecular weight is 338 g/mol. The lowest BCUT2D eigenvalue weighted by atomic mass is 10.1. The summed E-state index contributed by atoms with van der Waals surface area (Å²) < 4.78 is 0. The largest absolute Gasteiger partial charge is 0.336 e. The first-order chi connectivity index (χ1) is 11.9. The topological polar surface area (TPSA) is 40.6 Å². The summed E-state index contributed by atoms with van der Waals surface area (Å²) in [6.07, 6.45) is 0.356. The first-order valence-corrected chi connectivity index (χ1v) is 8.55. The van der Waals surface area contributed by atoms with Gasteiger partial charge in [0.1, 0.15) is 0 Å². The number of hydrogen-bond acceptors (Lipinski definition) is 2. The predicted molar refractivity (Wildman–Crippen MR) is 101 cm³/mol. The predicted octanol–water partition coefficient (Wildman–Crippen LogP) is 3.65. The van der Waals surface area contributed by atoms with Crippen molar-refractivity contribution in [1.29, 1.82) is 0 Å². The van der Waals surface area contributed by atoms with Gasteiger partial charge in [-0.25, -0.2) is 0 Å². The van der Waals surface area contributed by atoms with Gasteiger partial charge in [0, 0.05) is 32.2 Å². The fraction of sp³-hybridized carbons (Fsp3) is 0.333. The van der Waals surface area contributed by atoms with E-state index < -0.39 is 0 Å². The van der Waals surface area contributed by atoms with Crippen molar-refractivity contribution in [2.75, 3.05) is 11.9 Å². The van der Waals surface area contributed by atoms with E-state index in [4.69, 9.17) is 0 Å². The summed E-state index contributed by atoms with van der Waals surface area (Å²) in [5.41, 5.74) is 2.90. The lowest BCUT2D eigenvalue weighted by Crippen LogP contribution is -2.37. The number of nitrogens with zero attached hydrogens (tertiary/aromatic N) is 2. The van der Waals surface area contributed by atoms with Crippen LogP contribution in [0.25, 0.3) is 0 Å². The van der Waals surface area contributed by atoms with Crippen molar-refractivity contribution in [3.8, 4) is 0 Å². The Labute approximate surface area is 150 Å². The van der Waals surface area contributed by atoms with Gasteiger partial charge in [-0.2, -0.15) is 0 Å². The molecule has 2 aromatic carbocycles. The molecule has 0 aliphatic heterocycles. The fourth-order valence-corrected chi connectivity index (χ4v) is 2.63. The van der Waals surface area contributed by atoms with E-state index in [-0.39, 0.29) is 17.9 Å². The SMILES string of the molecule is CC(=O)N(C)c1ccc(CC(=O)N(Cc2ccccc2)C(C)C)cc1. The van der Waals surface area contributed by atoms with Crippen LogP contribution in [0.2, 0.25) is 0 Å². The van der Waals surface area contributed by atoms with E-state index in [1.165, 1.54) is 6.92 Å². The Hall–Kier alpha value is -2.62. The van der Waals surface area contributed by atoms with Crippen LogP contribution in [0.15, 0.2) is 54.6 Å². The number of benzene rings is 2. The van der Waals surface area contributed by atoms with Crippen molar-refractivity contribution in [1.82, 2.24) is 4.90 Å². The third-order valence-electron chi connectivity index (χ3n) is 4.29. The van der Waals surface area contributed by atoms with Crippen LogP contribution in [0, 0.1) is 0 Å². The molecule has 4 heteroatoms. The van der Waals surface area contributed by atoms with Gasteiger partial charge in [-0.05, 0) is 37.1 Å². The normalized spacial score (nSPS) is 10.6. The molecule has 0 fully saturated rings. The highest BCUT2D eigenvalue weighted by atomic mass is 16.2. The molecular weight excluding hydrogens is 312 g/mol. The molecule has 0 saturated heterocycles. The van der Waals surface area contributed by atoms with Crippen LogP contribution in [0.5, 0.6) is 0 Å². The second-order valence-corrected chi connectivity index (χ2v) is 6.52. The second kappa shape index (κ2) is 8.47. The van der Waals surface area contributed by atoms with Crippen LogP contribution in [0.3, 0.4) is 0 Å². The Morgan fingerprint density at radius 2 is 1.52 bits per heavy atom. The van der Waals surface area contributed by atoms with Crippen LogP contribution in [-0.2, 0) is 22.6 Å². The maximum atomic E-state index is 12.7. The zero-order valence-corrected chi connectivity index (χ0v) is 15.4. The molecule has 0 aliphatic rings. The lowest BCUT2D eigenvalue weighted by molar-refractivity contribution is -0.132. The Morgan fingerprint density at radius 1 is 0.920 bits per heavy atom. The monoisotopic (exact) mass is 338 g/mol. The molecule has 4 nitrogen and oxygen atoms in total. The third kappa shape index (κ3) is 5.18. The minimum absolute atomic E-state index is 0.0160. The van der Waals surface area contributed by atoms with Crippen molar-refractivity contribution < 1.29 is 9.59 Å². The van der Waals surface area contributed by atoms with Crippen molar-refractivity contribution in [2.45, 2.75) is 39.8 Å². The number of carbonyl (C=O) groups excluding carboxylic acids is 2. The third-order valence-corrected chi connectivity index (χ3v) is 4.29. The highest BCUT2D eigenvalue weighted by molar-refractivity contribution is 5.90. The Kier molecular flexibility index (Phi) is 6.34. The molecule has 0 aromatic heterocycles. The summed E-state index contributed by atoms with van der Waals surface area (Å²) in [5.74, 6) is 0.0872. The molecular formula is C21H26N2O2. The summed E-state index contributed by atoms with van der Waals surface area (Å²) in [6.45, 7) is 6.21. The van der Waals surface area contributed by atoms with Gasteiger partial charge < -0.3 is 9.80 Å². The Balaban J connectivity index is 2.06. The lowest BCUT2D eigenvalue weighted by Gasteiger charge is -2.27. The maximum absolute atomic E-state index is 12.7. The van der Waals surface area contributed by atoms with Crippen LogP contribution >= 0.6 is 0 Å².